The normalized spacial score (nSPS) is 32.0. The molecule has 0 aromatic carbocycles. The molecule has 0 aromatic heterocycles. The highest BCUT2D eigenvalue weighted by molar-refractivity contribution is 5.71. The minimum absolute atomic E-state index is 0.155. The number of hydrogen-bond acceptors (Lipinski definition) is 1. The third-order valence-electron chi connectivity index (χ3n) is 2.19. The Morgan fingerprint density at radius 1 is 1.60 bits per heavy atom. The summed E-state index contributed by atoms with van der Waals surface area (Å²) in [4.78, 5) is 10.5. The van der Waals surface area contributed by atoms with Crippen molar-refractivity contribution in [3.05, 3.63) is 12.7 Å². The number of aliphatic carboxylic acids is 1. The van der Waals surface area contributed by atoms with Crippen molar-refractivity contribution in [1.29, 1.82) is 0 Å². The molecule has 1 aliphatic carbocycles. The van der Waals surface area contributed by atoms with Gasteiger partial charge in [-0.3, -0.25) is 4.79 Å². The molecule has 1 aliphatic rings. The maximum Gasteiger partial charge on any atom is 0.307 e. The first kappa shape index (κ1) is 7.32. The van der Waals surface area contributed by atoms with E-state index in [1.807, 2.05) is 0 Å². The van der Waals surface area contributed by atoms with Crippen molar-refractivity contribution in [2.75, 3.05) is 0 Å². The fraction of sp³-hybridized carbons (Fsp3) is 0.625. The van der Waals surface area contributed by atoms with Gasteiger partial charge in [-0.2, -0.15) is 0 Å². The first-order chi connectivity index (χ1) is 4.75. The van der Waals surface area contributed by atoms with Crippen LogP contribution in [0.2, 0.25) is 0 Å². The van der Waals surface area contributed by atoms with Crippen LogP contribution in [-0.2, 0) is 4.79 Å². The van der Waals surface area contributed by atoms with E-state index in [0.29, 0.717) is 0 Å². The number of allylic oxidation sites excluding steroid dienone is 1. The van der Waals surface area contributed by atoms with Crippen LogP contribution >= 0.6 is 0 Å². The van der Waals surface area contributed by atoms with E-state index in [1.54, 1.807) is 6.08 Å². The lowest BCUT2D eigenvalue weighted by molar-refractivity contribution is -0.142. The second kappa shape index (κ2) is 2.86. The third kappa shape index (κ3) is 1.20. The van der Waals surface area contributed by atoms with E-state index in [9.17, 15) is 4.79 Å². The summed E-state index contributed by atoms with van der Waals surface area (Å²) < 4.78 is 0. The Bertz CT molecular complexity index is 151. The van der Waals surface area contributed by atoms with Gasteiger partial charge in [-0.15, -0.1) is 6.58 Å². The summed E-state index contributed by atoms with van der Waals surface area (Å²) in [7, 11) is 0. The fourth-order valence-electron chi connectivity index (χ4n) is 1.58. The zero-order chi connectivity index (χ0) is 7.56. The van der Waals surface area contributed by atoms with Crippen LogP contribution in [0.15, 0.2) is 12.7 Å². The second-order valence-corrected chi connectivity index (χ2v) is 2.78. The van der Waals surface area contributed by atoms with E-state index in [4.69, 9.17) is 5.11 Å². The van der Waals surface area contributed by atoms with Crippen LogP contribution in [0.25, 0.3) is 0 Å². The van der Waals surface area contributed by atoms with E-state index >= 15 is 0 Å². The quantitative estimate of drug-likeness (QED) is 0.592. The molecular weight excluding hydrogens is 128 g/mol. The molecule has 2 nitrogen and oxygen atoms in total. The molecule has 0 saturated heterocycles. The Morgan fingerprint density at radius 2 is 2.30 bits per heavy atom. The molecule has 0 aliphatic heterocycles. The molecule has 0 amide bonds. The van der Waals surface area contributed by atoms with Gasteiger partial charge in [0.2, 0.25) is 0 Å². The van der Waals surface area contributed by atoms with Crippen molar-refractivity contribution in [1.82, 2.24) is 0 Å². The van der Waals surface area contributed by atoms with Gasteiger partial charge in [0.05, 0.1) is 5.92 Å². The lowest BCUT2D eigenvalue weighted by atomic mass is 9.97. The molecule has 0 heterocycles. The average molecular weight is 140 g/mol. The highest BCUT2D eigenvalue weighted by Crippen LogP contribution is 2.32. The van der Waals surface area contributed by atoms with Crippen LogP contribution in [0.4, 0.5) is 0 Å². The molecule has 1 saturated carbocycles. The van der Waals surface area contributed by atoms with Crippen molar-refractivity contribution in [3.63, 3.8) is 0 Å². The topological polar surface area (TPSA) is 37.3 Å². The third-order valence-corrected chi connectivity index (χ3v) is 2.19. The number of carboxylic acid groups (broad SMARTS) is 1. The minimum atomic E-state index is -0.664. The molecule has 2 atom stereocenters. The largest absolute Gasteiger partial charge is 0.481 e. The number of rotatable bonds is 2. The lowest BCUT2D eigenvalue weighted by Gasteiger charge is -2.08. The van der Waals surface area contributed by atoms with Crippen molar-refractivity contribution < 1.29 is 9.90 Å². The van der Waals surface area contributed by atoms with Crippen molar-refractivity contribution in [2.24, 2.45) is 11.8 Å². The summed E-state index contributed by atoms with van der Waals surface area (Å²) in [6.07, 6.45) is 4.63. The van der Waals surface area contributed by atoms with E-state index in [0.717, 1.165) is 19.3 Å². The molecule has 0 spiro atoms. The van der Waals surface area contributed by atoms with E-state index in [1.165, 1.54) is 0 Å². The predicted octanol–water partition coefficient (Wildman–Crippen LogP) is 1.67. The Hall–Kier alpha value is -0.790. The molecule has 0 radical (unpaired) electrons. The van der Waals surface area contributed by atoms with Gasteiger partial charge in [0, 0.05) is 0 Å². The summed E-state index contributed by atoms with van der Waals surface area (Å²) in [5.74, 6) is -0.600. The number of carboxylic acids is 1. The standard InChI is InChI=1S/C8H12O2/c1-2-6-4-3-5-7(6)8(9)10/h2,6-7H,1,3-5H2,(H,9,10)/t6-,7-/m0/s1. The zero-order valence-electron chi connectivity index (χ0n) is 5.92. The van der Waals surface area contributed by atoms with Gasteiger partial charge in [0.25, 0.3) is 0 Å². The molecule has 1 N–H and O–H groups in total. The smallest absolute Gasteiger partial charge is 0.307 e. The molecule has 1 fully saturated rings. The van der Waals surface area contributed by atoms with Crippen LogP contribution in [0, 0.1) is 11.8 Å². The highest BCUT2D eigenvalue weighted by Gasteiger charge is 2.30. The molecule has 2 heteroatoms. The molecular formula is C8H12O2. The summed E-state index contributed by atoms with van der Waals surface area (Å²) >= 11 is 0. The molecule has 56 valence electrons. The molecule has 0 aromatic rings. The number of hydrogen-bond donors (Lipinski definition) is 1. The SMILES string of the molecule is C=C[C@H]1CCC[C@@H]1C(=O)O. The first-order valence-electron chi connectivity index (χ1n) is 3.61. The molecule has 0 unspecified atom stereocenters. The average Bonchev–Trinajstić information content (AvgIpc) is 2.33. The van der Waals surface area contributed by atoms with Crippen LogP contribution in [0.3, 0.4) is 0 Å². The summed E-state index contributed by atoms with van der Waals surface area (Å²) in [5, 5.41) is 8.67. The highest BCUT2D eigenvalue weighted by atomic mass is 16.4. The Morgan fingerprint density at radius 3 is 2.70 bits per heavy atom. The van der Waals surface area contributed by atoms with E-state index < -0.39 is 5.97 Å². The van der Waals surface area contributed by atoms with Crippen LogP contribution in [0.1, 0.15) is 19.3 Å². The van der Waals surface area contributed by atoms with Gasteiger partial charge in [-0.25, -0.2) is 0 Å². The van der Waals surface area contributed by atoms with Crippen molar-refractivity contribution in [3.8, 4) is 0 Å². The van der Waals surface area contributed by atoms with Gasteiger partial charge in [0.15, 0.2) is 0 Å². The summed E-state index contributed by atoms with van der Waals surface area (Å²) in [6, 6.07) is 0. The van der Waals surface area contributed by atoms with Gasteiger partial charge in [-0.05, 0) is 18.8 Å². The van der Waals surface area contributed by atoms with Crippen LogP contribution < -0.4 is 0 Å². The maximum atomic E-state index is 10.5. The molecule has 0 bridgehead atoms. The Balaban J connectivity index is 2.58. The Kier molecular flexibility index (Phi) is 2.10. The molecule has 1 rings (SSSR count). The van der Waals surface area contributed by atoms with E-state index in [-0.39, 0.29) is 11.8 Å². The van der Waals surface area contributed by atoms with Crippen LogP contribution in [0.5, 0.6) is 0 Å². The zero-order valence-corrected chi connectivity index (χ0v) is 5.92. The predicted molar refractivity (Wildman–Crippen MR) is 38.7 cm³/mol. The van der Waals surface area contributed by atoms with Gasteiger partial charge in [-0.1, -0.05) is 12.5 Å². The minimum Gasteiger partial charge on any atom is -0.481 e. The molecule has 10 heavy (non-hydrogen) atoms. The Labute approximate surface area is 60.6 Å². The van der Waals surface area contributed by atoms with E-state index in [2.05, 4.69) is 6.58 Å². The number of carbonyl (C=O) groups is 1. The van der Waals surface area contributed by atoms with Gasteiger partial charge < -0.3 is 5.11 Å². The van der Waals surface area contributed by atoms with Crippen LogP contribution in [-0.4, -0.2) is 11.1 Å². The first-order valence-corrected chi connectivity index (χ1v) is 3.61. The fourth-order valence-corrected chi connectivity index (χ4v) is 1.58. The lowest BCUT2D eigenvalue weighted by Crippen LogP contribution is -2.16. The van der Waals surface area contributed by atoms with Crippen molar-refractivity contribution in [2.45, 2.75) is 19.3 Å². The summed E-state index contributed by atoms with van der Waals surface area (Å²) in [6.45, 7) is 3.61. The maximum absolute atomic E-state index is 10.5. The van der Waals surface area contributed by atoms with Crippen molar-refractivity contribution >= 4 is 5.97 Å². The van der Waals surface area contributed by atoms with Gasteiger partial charge in [0.1, 0.15) is 0 Å². The monoisotopic (exact) mass is 140 g/mol. The summed E-state index contributed by atoms with van der Waals surface area (Å²) in [5.41, 5.74) is 0. The van der Waals surface area contributed by atoms with Gasteiger partial charge >= 0.3 is 5.97 Å². The second-order valence-electron chi connectivity index (χ2n) is 2.78.